The van der Waals surface area contributed by atoms with Crippen LogP contribution in [0, 0.1) is 17.2 Å². The van der Waals surface area contributed by atoms with Crippen LogP contribution in [0.5, 0.6) is 0 Å². The Bertz CT molecular complexity index is 188. The summed E-state index contributed by atoms with van der Waals surface area (Å²) in [6.45, 7) is 3.51. The van der Waals surface area contributed by atoms with Crippen LogP contribution in [0.1, 0.15) is 32.1 Å². The minimum absolute atomic E-state index is 0.251. The lowest BCUT2D eigenvalue weighted by molar-refractivity contribution is 0.193. The van der Waals surface area contributed by atoms with E-state index in [-0.39, 0.29) is 5.92 Å². The fourth-order valence-corrected chi connectivity index (χ4v) is 1.99. The number of piperidine rings is 1. The number of likely N-dealkylation sites (tertiary alicyclic amines) is 1. The van der Waals surface area contributed by atoms with Crippen LogP contribution in [0.4, 0.5) is 0 Å². The molecule has 0 bridgehead atoms. The van der Waals surface area contributed by atoms with E-state index < -0.39 is 0 Å². The fraction of sp³-hybridized carbons (Fsp3) is 0.909. The summed E-state index contributed by atoms with van der Waals surface area (Å²) in [6.07, 6.45) is 5.40. The molecular formula is C11H20N2O. The van der Waals surface area contributed by atoms with Gasteiger partial charge in [0.05, 0.1) is 12.0 Å². The van der Waals surface area contributed by atoms with E-state index in [1.807, 2.05) is 0 Å². The molecule has 1 atom stereocenters. The van der Waals surface area contributed by atoms with Gasteiger partial charge in [0, 0.05) is 13.2 Å². The molecular weight excluding hydrogens is 176 g/mol. The van der Waals surface area contributed by atoms with Crippen LogP contribution < -0.4 is 0 Å². The van der Waals surface area contributed by atoms with Crippen LogP contribution in [-0.2, 0) is 0 Å². The molecule has 0 aromatic carbocycles. The average molecular weight is 196 g/mol. The first kappa shape index (κ1) is 11.5. The van der Waals surface area contributed by atoms with Crippen molar-refractivity contribution in [3.05, 3.63) is 0 Å². The van der Waals surface area contributed by atoms with Gasteiger partial charge in [-0.3, -0.25) is 0 Å². The highest BCUT2D eigenvalue weighted by molar-refractivity contribution is 4.88. The molecule has 0 radical (unpaired) electrons. The second-order valence-corrected chi connectivity index (χ2v) is 4.05. The zero-order valence-corrected chi connectivity index (χ0v) is 8.78. The van der Waals surface area contributed by atoms with Crippen molar-refractivity contribution < 1.29 is 5.11 Å². The van der Waals surface area contributed by atoms with Crippen LogP contribution in [0.3, 0.4) is 0 Å². The molecule has 3 heteroatoms. The lowest BCUT2D eigenvalue weighted by atomic mass is 9.99. The summed E-state index contributed by atoms with van der Waals surface area (Å²) in [5.74, 6) is 0.251. The summed E-state index contributed by atoms with van der Waals surface area (Å²) in [7, 11) is 0. The molecule has 0 aromatic heterocycles. The Kier molecular flexibility index (Phi) is 5.58. The van der Waals surface area contributed by atoms with E-state index in [9.17, 15) is 0 Å². The lowest BCUT2D eigenvalue weighted by Gasteiger charge is -2.29. The summed E-state index contributed by atoms with van der Waals surface area (Å²) in [5.41, 5.74) is 0. The smallest absolute Gasteiger partial charge is 0.0669 e. The van der Waals surface area contributed by atoms with Crippen LogP contribution in [-0.4, -0.2) is 36.2 Å². The van der Waals surface area contributed by atoms with E-state index >= 15 is 0 Å². The highest BCUT2D eigenvalue weighted by Crippen LogP contribution is 2.15. The van der Waals surface area contributed by atoms with E-state index in [2.05, 4.69) is 11.0 Å². The molecule has 0 saturated carbocycles. The fourth-order valence-electron chi connectivity index (χ4n) is 1.99. The molecule has 0 spiro atoms. The highest BCUT2D eigenvalue weighted by Gasteiger charge is 2.18. The number of aliphatic hydroxyl groups is 1. The summed E-state index contributed by atoms with van der Waals surface area (Å²) in [5, 5.41) is 17.4. The molecule has 1 heterocycles. The van der Waals surface area contributed by atoms with Gasteiger partial charge >= 0.3 is 0 Å². The first-order valence-corrected chi connectivity index (χ1v) is 5.59. The SMILES string of the molecule is N#CC1CCCN(CCCCCO)C1. The third-order valence-corrected chi connectivity index (χ3v) is 2.82. The molecule has 0 amide bonds. The molecule has 0 aliphatic carbocycles. The van der Waals surface area contributed by atoms with Gasteiger partial charge in [-0.15, -0.1) is 0 Å². The number of nitriles is 1. The van der Waals surface area contributed by atoms with E-state index in [1.165, 1.54) is 0 Å². The Morgan fingerprint density at radius 3 is 2.93 bits per heavy atom. The molecule has 1 fully saturated rings. The number of aliphatic hydroxyl groups excluding tert-OH is 1. The van der Waals surface area contributed by atoms with Gasteiger partial charge in [-0.05, 0) is 45.2 Å². The van der Waals surface area contributed by atoms with Gasteiger partial charge in [-0.25, -0.2) is 0 Å². The summed E-state index contributed by atoms with van der Waals surface area (Å²) < 4.78 is 0. The van der Waals surface area contributed by atoms with E-state index in [0.29, 0.717) is 6.61 Å². The standard InChI is InChI=1S/C11H20N2O/c12-9-11-5-4-7-13(10-11)6-2-1-3-8-14/h11,14H,1-8,10H2. The Morgan fingerprint density at radius 1 is 1.36 bits per heavy atom. The second-order valence-electron chi connectivity index (χ2n) is 4.05. The van der Waals surface area contributed by atoms with Gasteiger partial charge < -0.3 is 10.0 Å². The number of rotatable bonds is 5. The molecule has 1 unspecified atom stereocenters. The third-order valence-electron chi connectivity index (χ3n) is 2.82. The number of nitrogens with zero attached hydrogens (tertiary/aromatic N) is 2. The van der Waals surface area contributed by atoms with E-state index in [1.54, 1.807) is 0 Å². The Labute approximate surface area is 86.3 Å². The zero-order valence-electron chi connectivity index (χ0n) is 8.78. The maximum atomic E-state index is 8.81. The molecule has 1 aliphatic rings. The lowest BCUT2D eigenvalue weighted by Crippen LogP contribution is -2.35. The van der Waals surface area contributed by atoms with Gasteiger partial charge in [0.15, 0.2) is 0 Å². The van der Waals surface area contributed by atoms with Crippen LogP contribution in [0.15, 0.2) is 0 Å². The van der Waals surface area contributed by atoms with Crippen LogP contribution in [0.25, 0.3) is 0 Å². The minimum Gasteiger partial charge on any atom is -0.396 e. The quantitative estimate of drug-likeness (QED) is 0.676. The summed E-state index contributed by atoms with van der Waals surface area (Å²) >= 11 is 0. The third kappa shape index (κ3) is 4.08. The Hall–Kier alpha value is -0.590. The molecule has 1 saturated heterocycles. The number of unbranched alkanes of at least 4 members (excludes halogenated alkanes) is 2. The van der Waals surface area contributed by atoms with Crippen molar-refractivity contribution in [2.45, 2.75) is 32.1 Å². The van der Waals surface area contributed by atoms with Crippen molar-refractivity contribution in [1.82, 2.24) is 4.90 Å². The first-order chi connectivity index (χ1) is 6.86. The number of hydrogen-bond donors (Lipinski definition) is 1. The normalized spacial score (nSPS) is 23.3. The predicted molar refractivity (Wildman–Crippen MR) is 55.7 cm³/mol. The second kappa shape index (κ2) is 6.80. The predicted octanol–water partition coefficient (Wildman–Crippen LogP) is 1.38. The Balaban J connectivity index is 2.09. The molecule has 1 N–H and O–H groups in total. The molecule has 1 aliphatic heterocycles. The van der Waals surface area contributed by atoms with Crippen molar-refractivity contribution in [2.75, 3.05) is 26.2 Å². The van der Waals surface area contributed by atoms with Gasteiger partial charge in [0.2, 0.25) is 0 Å². The average Bonchev–Trinajstić information content (AvgIpc) is 2.25. The first-order valence-electron chi connectivity index (χ1n) is 5.59. The summed E-state index contributed by atoms with van der Waals surface area (Å²) in [4.78, 5) is 2.38. The maximum absolute atomic E-state index is 8.81. The Morgan fingerprint density at radius 2 is 2.21 bits per heavy atom. The minimum atomic E-state index is 0.251. The van der Waals surface area contributed by atoms with Crippen molar-refractivity contribution in [3.8, 4) is 6.07 Å². The summed E-state index contributed by atoms with van der Waals surface area (Å²) in [6, 6.07) is 2.35. The largest absolute Gasteiger partial charge is 0.396 e. The molecule has 80 valence electrons. The topological polar surface area (TPSA) is 47.3 Å². The van der Waals surface area contributed by atoms with Gasteiger partial charge in [-0.1, -0.05) is 0 Å². The van der Waals surface area contributed by atoms with Crippen molar-refractivity contribution in [3.63, 3.8) is 0 Å². The van der Waals surface area contributed by atoms with E-state index in [0.717, 1.165) is 51.7 Å². The highest BCUT2D eigenvalue weighted by atomic mass is 16.2. The van der Waals surface area contributed by atoms with Gasteiger partial charge in [-0.2, -0.15) is 5.26 Å². The number of hydrogen-bond acceptors (Lipinski definition) is 3. The molecule has 0 aromatic rings. The van der Waals surface area contributed by atoms with Crippen LogP contribution in [0.2, 0.25) is 0 Å². The molecule has 3 nitrogen and oxygen atoms in total. The molecule has 14 heavy (non-hydrogen) atoms. The monoisotopic (exact) mass is 196 g/mol. The zero-order chi connectivity index (χ0) is 10.2. The van der Waals surface area contributed by atoms with Gasteiger partial charge in [0.1, 0.15) is 0 Å². The van der Waals surface area contributed by atoms with Crippen molar-refractivity contribution >= 4 is 0 Å². The van der Waals surface area contributed by atoms with Crippen LogP contribution >= 0.6 is 0 Å². The van der Waals surface area contributed by atoms with Crippen molar-refractivity contribution in [1.29, 1.82) is 5.26 Å². The molecule has 1 rings (SSSR count). The van der Waals surface area contributed by atoms with Crippen molar-refractivity contribution in [2.24, 2.45) is 5.92 Å². The maximum Gasteiger partial charge on any atom is 0.0669 e. The van der Waals surface area contributed by atoms with E-state index in [4.69, 9.17) is 10.4 Å². The van der Waals surface area contributed by atoms with Gasteiger partial charge in [0.25, 0.3) is 0 Å².